The molecule has 0 spiro atoms. The van der Waals surface area contributed by atoms with Crippen molar-refractivity contribution >= 4 is 5.91 Å². The SMILES string of the molecule is CCCC1NC(c2ccccc2)N(C(C)(C)C2CC2)C1=O. The zero-order chi connectivity index (χ0) is 15.0. The summed E-state index contributed by atoms with van der Waals surface area (Å²) in [6.45, 7) is 6.60. The summed E-state index contributed by atoms with van der Waals surface area (Å²) in [5.74, 6) is 0.928. The largest absolute Gasteiger partial charge is 0.316 e. The normalized spacial score (nSPS) is 26.4. The predicted octanol–water partition coefficient (Wildman–Crippen LogP) is 3.47. The molecule has 3 heteroatoms. The summed E-state index contributed by atoms with van der Waals surface area (Å²) in [6.07, 6.45) is 4.46. The minimum absolute atomic E-state index is 0.0193. The number of nitrogens with zero attached hydrogens (tertiary/aromatic N) is 1. The Bertz CT molecular complexity index is 507. The van der Waals surface area contributed by atoms with Crippen molar-refractivity contribution in [2.24, 2.45) is 5.92 Å². The summed E-state index contributed by atoms with van der Waals surface area (Å²) in [4.78, 5) is 15.0. The highest BCUT2D eigenvalue weighted by Crippen LogP contribution is 2.47. The fourth-order valence-corrected chi connectivity index (χ4v) is 3.61. The number of carbonyl (C=O) groups excluding carboxylic acids is 1. The van der Waals surface area contributed by atoms with Crippen molar-refractivity contribution < 1.29 is 4.79 Å². The molecule has 2 unspecified atom stereocenters. The topological polar surface area (TPSA) is 32.3 Å². The Morgan fingerprint density at radius 3 is 2.48 bits per heavy atom. The second kappa shape index (κ2) is 5.45. The van der Waals surface area contributed by atoms with Crippen molar-refractivity contribution in [2.45, 2.75) is 64.2 Å². The van der Waals surface area contributed by atoms with Gasteiger partial charge in [-0.3, -0.25) is 10.1 Å². The zero-order valence-corrected chi connectivity index (χ0v) is 13.3. The average Bonchev–Trinajstić information content (AvgIpc) is 3.27. The molecule has 1 aliphatic heterocycles. The molecule has 1 aliphatic carbocycles. The van der Waals surface area contributed by atoms with E-state index < -0.39 is 0 Å². The summed E-state index contributed by atoms with van der Waals surface area (Å²) in [5.41, 5.74) is 1.13. The van der Waals surface area contributed by atoms with E-state index >= 15 is 0 Å². The first-order chi connectivity index (χ1) is 10.1. The molecule has 2 aliphatic rings. The molecule has 1 N–H and O–H groups in total. The molecular weight excluding hydrogens is 260 g/mol. The van der Waals surface area contributed by atoms with Crippen molar-refractivity contribution in [3.05, 3.63) is 35.9 Å². The second-order valence-electron chi connectivity index (χ2n) is 6.96. The van der Waals surface area contributed by atoms with Gasteiger partial charge >= 0.3 is 0 Å². The van der Waals surface area contributed by atoms with Crippen LogP contribution in [0.3, 0.4) is 0 Å². The van der Waals surface area contributed by atoms with Crippen LogP contribution in [0.1, 0.15) is 58.2 Å². The predicted molar refractivity (Wildman–Crippen MR) is 84.7 cm³/mol. The number of amides is 1. The number of hydrogen-bond acceptors (Lipinski definition) is 2. The van der Waals surface area contributed by atoms with Crippen LogP contribution in [-0.4, -0.2) is 22.4 Å². The molecule has 1 saturated carbocycles. The first-order valence-corrected chi connectivity index (χ1v) is 8.20. The maximum absolute atomic E-state index is 12.9. The van der Waals surface area contributed by atoms with Crippen LogP contribution in [0.15, 0.2) is 30.3 Å². The van der Waals surface area contributed by atoms with Crippen LogP contribution in [0, 0.1) is 5.92 Å². The number of nitrogens with one attached hydrogen (secondary N) is 1. The van der Waals surface area contributed by atoms with E-state index in [4.69, 9.17) is 0 Å². The molecule has 3 rings (SSSR count). The van der Waals surface area contributed by atoms with E-state index in [0.717, 1.165) is 12.8 Å². The van der Waals surface area contributed by atoms with E-state index in [1.54, 1.807) is 0 Å². The fourth-order valence-electron chi connectivity index (χ4n) is 3.61. The molecule has 2 fully saturated rings. The third-order valence-electron chi connectivity index (χ3n) is 5.04. The van der Waals surface area contributed by atoms with Gasteiger partial charge in [-0.05, 0) is 44.6 Å². The quantitative estimate of drug-likeness (QED) is 0.899. The van der Waals surface area contributed by atoms with E-state index in [9.17, 15) is 4.79 Å². The van der Waals surface area contributed by atoms with Gasteiger partial charge in [0, 0.05) is 5.54 Å². The van der Waals surface area contributed by atoms with Crippen LogP contribution >= 0.6 is 0 Å². The lowest BCUT2D eigenvalue weighted by atomic mass is 9.94. The lowest BCUT2D eigenvalue weighted by Crippen LogP contribution is -2.49. The van der Waals surface area contributed by atoms with Gasteiger partial charge in [0.25, 0.3) is 0 Å². The lowest BCUT2D eigenvalue weighted by Gasteiger charge is -2.40. The number of hydrogen-bond donors (Lipinski definition) is 1. The summed E-state index contributed by atoms with van der Waals surface area (Å²) in [5, 5.41) is 3.57. The summed E-state index contributed by atoms with van der Waals surface area (Å²) < 4.78 is 0. The molecule has 1 saturated heterocycles. The monoisotopic (exact) mass is 286 g/mol. The van der Waals surface area contributed by atoms with Crippen LogP contribution in [0.2, 0.25) is 0 Å². The molecule has 3 nitrogen and oxygen atoms in total. The average molecular weight is 286 g/mol. The van der Waals surface area contributed by atoms with E-state index in [2.05, 4.69) is 55.3 Å². The van der Waals surface area contributed by atoms with Crippen LogP contribution in [0.25, 0.3) is 0 Å². The Hall–Kier alpha value is -1.35. The first kappa shape index (κ1) is 14.6. The number of rotatable bonds is 5. The third-order valence-corrected chi connectivity index (χ3v) is 5.04. The summed E-state index contributed by atoms with van der Waals surface area (Å²) >= 11 is 0. The highest BCUT2D eigenvalue weighted by Gasteiger charge is 2.51. The number of benzene rings is 1. The van der Waals surface area contributed by atoms with Gasteiger partial charge in [0.15, 0.2) is 0 Å². The van der Waals surface area contributed by atoms with E-state index in [1.165, 1.54) is 18.4 Å². The molecule has 1 aromatic carbocycles. The molecule has 21 heavy (non-hydrogen) atoms. The van der Waals surface area contributed by atoms with Crippen LogP contribution in [-0.2, 0) is 4.79 Å². The van der Waals surface area contributed by atoms with E-state index in [0.29, 0.717) is 5.92 Å². The molecule has 0 bridgehead atoms. The van der Waals surface area contributed by atoms with Gasteiger partial charge in [0.1, 0.15) is 6.17 Å². The van der Waals surface area contributed by atoms with Crippen LogP contribution in [0.4, 0.5) is 0 Å². The first-order valence-electron chi connectivity index (χ1n) is 8.20. The molecular formula is C18H26N2O. The van der Waals surface area contributed by atoms with Gasteiger partial charge in [-0.15, -0.1) is 0 Å². The van der Waals surface area contributed by atoms with Gasteiger partial charge in [-0.2, -0.15) is 0 Å². The van der Waals surface area contributed by atoms with Gasteiger partial charge in [0.05, 0.1) is 6.04 Å². The Morgan fingerprint density at radius 1 is 1.24 bits per heavy atom. The highest BCUT2D eigenvalue weighted by atomic mass is 16.2. The molecule has 0 radical (unpaired) electrons. The third kappa shape index (κ3) is 2.59. The minimum Gasteiger partial charge on any atom is -0.316 e. The van der Waals surface area contributed by atoms with Gasteiger partial charge < -0.3 is 4.90 Å². The maximum atomic E-state index is 12.9. The van der Waals surface area contributed by atoms with Crippen molar-refractivity contribution in [2.75, 3.05) is 0 Å². The summed E-state index contributed by atoms with van der Waals surface area (Å²) in [6, 6.07) is 10.3. The van der Waals surface area contributed by atoms with Crippen molar-refractivity contribution in [1.29, 1.82) is 0 Å². The molecule has 0 aromatic heterocycles. The van der Waals surface area contributed by atoms with Gasteiger partial charge in [-0.1, -0.05) is 43.7 Å². The van der Waals surface area contributed by atoms with E-state index in [1.807, 2.05) is 6.07 Å². The van der Waals surface area contributed by atoms with E-state index in [-0.39, 0.29) is 23.7 Å². The number of carbonyl (C=O) groups is 1. The zero-order valence-electron chi connectivity index (χ0n) is 13.3. The second-order valence-corrected chi connectivity index (χ2v) is 6.96. The Morgan fingerprint density at radius 2 is 1.90 bits per heavy atom. The standard InChI is InChI=1S/C18H26N2O/c1-4-8-15-17(21)20(18(2,3)14-11-12-14)16(19-15)13-9-6-5-7-10-13/h5-7,9-10,14-16,19H,4,8,11-12H2,1-3H3. The van der Waals surface area contributed by atoms with Crippen LogP contribution in [0.5, 0.6) is 0 Å². The Balaban J connectivity index is 1.93. The van der Waals surface area contributed by atoms with Gasteiger partial charge in [0.2, 0.25) is 5.91 Å². The Kier molecular flexibility index (Phi) is 3.78. The smallest absolute Gasteiger partial charge is 0.241 e. The van der Waals surface area contributed by atoms with Crippen molar-refractivity contribution in [3.8, 4) is 0 Å². The Labute approximate surface area is 127 Å². The minimum atomic E-state index is -0.0624. The molecule has 114 valence electrons. The van der Waals surface area contributed by atoms with Gasteiger partial charge in [-0.25, -0.2) is 0 Å². The molecule has 1 heterocycles. The molecule has 2 atom stereocenters. The lowest BCUT2D eigenvalue weighted by molar-refractivity contribution is -0.136. The van der Waals surface area contributed by atoms with Crippen molar-refractivity contribution in [3.63, 3.8) is 0 Å². The van der Waals surface area contributed by atoms with Crippen LogP contribution < -0.4 is 5.32 Å². The fraction of sp³-hybridized carbons (Fsp3) is 0.611. The summed E-state index contributed by atoms with van der Waals surface area (Å²) in [7, 11) is 0. The highest BCUT2D eigenvalue weighted by molar-refractivity contribution is 5.85. The van der Waals surface area contributed by atoms with Crippen molar-refractivity contribution in [1.82, 2.24) is 10.2 Å². The molecule has 1 aromatic rings. The maximum Gasteiger partial charge on any atom is 0.241 e. The molecule has 1 amide bonds.